The maximum Gasteiger partial charge on any atom is 0.234 e. The van der Waals surface area contributed by atoms with Crippen LogP contribution >= 0.6 is 0 Å². The van der Waals surface area contributed by atoms with Gasteiger partial charge in [0.15, 0.2) is 0 Å². The lowest BCUT2D eigenvalue weighted by atomic mass is 10.1. The van der Waals surface area contributed by atoms with Gasteiger partial charge in [-0.25, -0.2) is 0 Å². The van der Waals surface area contributed by atoms with Crippen LogP contribution in [-0.2, 0) is 9.59 Å². The first kappa shape index (κ1) is 12.6. The highest BCUT2D eigenvalue weighted by atomic mass is 16.2. The molecule has 2 fully saturated rings. The Morgan fingerprint density at radius 2 is 2.06 bits per heavy atom. The van der Waals surface area contributed by atoms with Crippen molar-refractivity contribution in [2.45, 2.75) is 45.1 Å². The Morgan fingerprint density at radius 1 is 1.29 bits per heavy atom. The third kappa shape index (κ3) is 4.11. The largest absolute Gasteiger partial charge is 0.355 e. The van der Waals surface area contributed by atoms with Crippen LogP contribution < -0.4 is 5.32 Å². The zero-order chi connectivity index (χ0) is 12.3. The van der Waals surface area contributed by atoms with E-state index in [-0.39, 0.29) is 11.7 Å². The molecule has 0 radical (unpaired) electrons. The summed E-state index contributed by atoms with van der Waals surface area (Å²) >= 11 is 0. The summed E-state index contributed by atoms with van der Waals surface area (Å²) in [5, 5.41) is 2.98. The lowest BCUT2D eigenvalue weighted by Crippen LogP contribution is -2.40. The molecular formula is C13H22N2O2. The summed E-state index contributed by atoms with van der Waals surface area (Å²) in [4.78, 5) is 25.0. The van der Waals surface area contributed by atoms with Crippen molar-refractivity contribution in [1.82, 2.24) is 10.2 Å². The Labute approximate surface area is 103 Å². The van der Waals surface area contributed by atoms with E-state index >= 15 is 0 Å². The molecule has 1 aliphatic heterocycles. The molecule has 0 bridgehead atoms. The number of rotatable bonds is 6. The van der Waals surface area contributed by atoms with E-state index in [1.807, 2.05) is 0 Å². The summed E-state index contributed by atoms with van der Waals surface area (Å²) in [5.41, 5.74) is 0. The van der Waals surface area contributed by atoms with E-state index in [1.165, 1.54) is 12.8 Å². The second-order valence-electron chi connectivity index (χ2n) is 5.42. The molecule has 2 rings (SSSR count). The number of carbonyl (C=O) groups excluding carboxylic acids is 2. The summed E-state index contributed by atoms with van der Waals surface area (Å²) < 4.78 is 0. The third-order valence-electron chi connectivity index (χ3n) is 3.65. The predicted octanol–water partition coefficient (Wildman–Crippen LogP) is 0.956. The van der Waals surface area contributed by atoms with Gasteiger partial charge in [-0.3, -0.25) is 14.5 Å². The molecular weight excluding hydrogens is 216 g/mol. The fourth-order valence-corrected chi connectivity index (χ4v) is 2.49. The molecule has 0 spiro atoms. The van der Waals surface area contributed by atoms with Crippen LogP contribution in [0.4, 0.5) is 0 Å². The Bertz CT molecular complexity index is 300. The normalized spacial score (nSPS) is 24.9. The van der Waals surface area contributed by atoms with Crippen molar-refractivity contribution in [2.24, 2.45) is 5.92 Å². The third-order valence-corrected chi connectivity index (χ3v) is 3.65. The molecule has 2 aliphatic rings. The topological polar surface area (TPSA) is 49.4 Å². The van der Waals surface area contributed by atoms with E-state index in [0.29, 0.717) is 19.0 Å². The Balaban J connectivity index is 1.71. The molecule has 0 aromatic heterocycles. The number of ketones is 1. The first-order valence-corrected chi connectivity index (χ1v) is 6.65. The number of hydrogen-bond donors (Lipinski definition) is 1. The van der Waals surface area contributed by atoms with Gasteiger partial charge in [0.2, 0.25) is 5.91 Å². The summed E-state index contributed by atoms with van der Waals surface area (Å²) in [6.45, 7) is 3.88. The van der Waals surface area contributed by atoms with Gasteiger partial charge in [0.25, 0.3) is 0 Å². The number of hydrogen-bond acceptors (Lipinski definition) is 3. The molecule has 1 aliphatic carbocycles. The lowest BCUT2D eigenvalue weighted by Gasteiger charge is -2.22. The fourth-order valence-electron chi connectivity index (χ4n) is 2.49. The molecule has 1 atom stereocenters. The minimum Gasteiger partial charge on any atom is -0.355 e. The maximum atomic E-state index is 11.7. The summed E-state index contributed by atoms with van der Waals surface area (Å²) in [6.07, 6.45) is 5.27. The number of nitrogens with one attached hydrogen (secondary N) is 1. The zero-order valence-electron chi connectivity index (χ0n) is 10.6. The van der Waals surface area contributed by atoms with Crippen LogP contribution in [0.15, 0.2) is 0 Å². The van der Waals surface area contributed by atoms with Gasteiger partial charge in [-0.1, -0.05) is 0 Å². The smallest absolute Gasteiger partial charge is 0.234 e. The number of nitrogens with zero attached hydrogens (tertiary/aromatic N) is 1. The first-order chi connectivity index (χ1) is 8.15. The molecule has 1 saturated heterocycles. The minimum atomic E-state index is 0.118. The monoisotopic (exact) mass is 238 g/mol. The second kappa shape index (κ2) is 5.63. The van der Waals surface area contributed by atoms with Crippen LogP contribution in [0.3, 0.4) is 0 Å². The quantitative estimate of drug-likeness (QED) is 0.749. The standard InChI is InChI=1S/C13H22N2O2/c1-10(16)7-12-3-2-6-15(12)9-13(17)14-8-11-4-5-11/h11-12H,2-9H2,1H3,(H,14,17). The van der Waals surface area contributed by atoms with Crippen molar-refractivity contribution < 1.29 is 9.59 Å². The predicted molar refractivity (Wildman–Crippen MR) is 65.6 cm³/mol. The maximum absolute atomic E-state index is 11.7. The van der Waals surface area contributed by atoms with Gasteiger partial charge in [-0.15, -0.1) is 0 Å². The van der Waals surface area contributed by atoms with Crippen molar-refractivity contribution in [2.75, 3.05) is 19.6 Å². The Kier molecular flexibility index (Phi) is 4.15. The second-order valence-corrected chi connectivity index (χ2v) is 5.42. The van der Waals surface area contributed by atoms with E-state index < -0.39 is 0 Å². The average Bonchev–Trinajstić information content (AvgIpc) is 3.00. The minimum absolute atomic E-state index is 0.118. The fraction of sp³-hybridized carbons (Fsp3) is 0.846. The van der Waals surface area contributed by atoms with Crippen molar-refractivity contribution in [3.8, 4) is 0 Å². The number of likely N-dealkylation sites (tertiary alicyclic amines) is 1. The highest BCUT2D eigenvalue weighted by Crippen LogP contribution is 2.27. The zero-order valence-corrected chi connectivity index (χ0v) is 10.6. The molecule has 0 aromatic rings. The van der Waals surface area contributed by atoms with E-state index in [9.17, 15) is 9.59 Å². The molecule has 4 heteroatoms. The molecule has 17 heavy (non-hydrogen) atoms. The first-order valence-electron chi connectivity index (χ1n) is 6.65. The molecule has 1 saturated carbocycles. The van der Waals surface area contributed by atoms with E-state index in [1.54, 1.807) is 6.92 Å². The average molecular weight is 238 g/mol. The van der Waals surface area contributed by atoms with Crippen LogP contribution in [-0.4, -0.2) is 42.3 Å². The molecule has 1 amide bonds. The van der Waals surface area contributed by atoms with E-state index in [4.69, 9.17) is 0 Å². The highest BCUT2D eigenvalue weighted by Gasteiger charge is 2.27. The van der Waals surface area contributed by atoms with Crippen molar-refractivity contribution in [3.05, 3.63) is 0 Å². The highest BCUT2D eigenvalue weighted by molar-refractivity contribution is 5.78. The number of carbonyl (C=O) groups is 2. The van der Waals surface area contributed by atoms with Crippen LogP contribution in [0.25, 0.3) is 0 Å². The molecule has 1 N–H and O–H groups in total. The van der Waals surface area contributed by atoms with Crippen molar-refractivity contribution in [3.63, 3.8) is 0 Å². The van der Waals surface area contributed by atoms with Gasteiger partial charge in [0, 0.05) is 19.0 Å². The summed E-state index contributed by atoms with van der Waals surface area (Å²) in [7, 11) is 0. The number of amides is 1. The van der Waals surface area contributed by atoms with Gasteiger partial charge in [-0.05, 0) is 45.1 Å². The van der Waals surface area contributed by atoms with Crippen molar-refractivity contribution in [1.29, 1.82) is 0 Å². The molecule has 1 heterocycles. The van der Waals surface area contributed by atoms with Gasteiger partial charge >= 0.3 is 0 Å². The molecule has 96 valence electrons. The van der Waals surface area contributed by atoms with Gasteiger partial charge in [0.05, 0.1) is 6.54 Å². The van der Waals surface area contributed by atoms with E-state index in [2.05, 4.69) is 10.2 Å². The van der Waals surface area contributed by atoms with E-state index in [0.717, 1.165) is 31.8 Å². The number of Topliss-reactive ketones (excluding diaryl/α,β-unsaturated/α-hetero) is 1. The van der Waals surface area contributed by atoms with Crippen LogP contribution in [0, 0.1) is 5.92 Å². The lowest BCUT2D eigenvalue weighted by molar-refractivity contribution is -0.123. The molecule has 0 aromatic carbocycles. The van der Waals surface area contributed by atoms with Crippen molar-refractivity contribution >= 4 is 11.7 Å². The van der Waals surface area contributed by atoms with Crippen LogP contribution in [0.5, 0.6) is 0 Å². The molecule has 4 nitrogen and oxygen atoms in total. The molecule has 1 unspecified atom stereocenters. The van der Waals surface area contributed by atoms with Gasteiger partial charge < -0.3 is 5.32 Å². The van der Waals surface area contributed by atoms with Gasteiger partial charge in [0.1, 0.15) is 5.78 Å². The Hall–Kier alpha value is -0.900. The van der Waals surface area contributed by atoms with Gasteiger partial charge in [-0.2, -0.15) is 0 Å². The Morgan fingerprint density at radius 3 is 2.71 bits per heavy atom. The summed E-state index contributed by atoms with van der Waals surface area (Å²) in [5.74, 6) is 1.07. The SMILES string of the molecule is CC(=O)CC1CCCN1CC(=O)NCC1CC1. The van der Waals surface area contributed by atoms with Crippen LogP contribution in [0.2, 0.25) is 0 Å². The summed E-state index contributed by atoms with van der Waals surface area (Å²) in [6, 6.07) is 0.291. The van der Waals surface area contributed by atoms with Crippen LogP contribution in [0.1, 0.15) is 39.0 Å².